The van der Waals surface area contributed by atoms with E-state index in [4.69, 9.17) is 9.15 Å². The number of carboxylic acids is 1. The third kappa shape index (κ3) is 1.62. The first-order valence-corrected chi connectivity index (χ1v) is 8.44. The average molecular weight is 343 g/mol. The van der Waals surface area contributed by atoms with Crippen LogP contribution in [0.15, 0.2) is 35.0 Å². The summed E-state index contributed by atoms with van der Waals surface area (Å²) in [6.07, 6.45) is 4.59. The lowest BCUT2D eigenvalue weighted by atomic mass is 9.71. The Bertz CT molecular complexity index is 814. The first-order valence-electron chi connectivity index (χ1n) is 8.44. The third-order valence-corrected chi connectivity index (χ3v) is 6.24. The number of furan rings is 1. The van der Waals surface area contributed by atoms with Gasteiger partial charge >= 0.3 is 5.97 Å². The van der Waals surface area contributed by atoms with Crippen LogP contribution in [-0.4, -0.2) is 45.4 Å². The van der Waals surface area contributed by atoms with E-state index >= 15 is 0 Å². The Labute approximate surface area is 143 Å². The predicted octanol–water partition coefficient (Wildman–Crippen LogP) is 1.16. The fraction of sp³-hybridized carbons (Fsp3) is 0.500. The summed E-state index contributed by atoms with van der Waals surface area (Å²) in [4.78, 5) is 39.3. The maximum absolute atomic E-state index is 13.3. The van der Waals surface area contributed by atoms with Crippen molar-refractivity contribution in [2.75, 3.05) is 0 Å². The molecule has 0 saturated carbocycles. The van der Waals surface area contributed by atoms with Gasteiger partial charge in [-0.2, -0.15) is 0 Å². The highest BCUT2D eigenvalue weighted by atomic mass is 16.5. The van der Waals surface area contributed by atoms with Gasteiger partial charge in [0.25, 0.3) is 0 Å². The third-order valence-electron chi connectivity index (χ3n) is 6.24. The Balaban J connectivity index is 1.67. The van der Waals surface area contributed by atoms with E-state index in [0.717, 1.165) is 0 Å². The van der Waals surface area contributed by atoms with Crippen LogP contribution in [0, 0.1) is 17.8 Å². The molecule has 1 aromatic heterocycles. The Morgan fingerprint density at radius 3 is 2.88 bits per heavy atom. The molecule has 0 aliphatic carbocycles. The van der Waals surface area contributed by atoms with Gasteiger partial charge in [0.15, 0.2) is 0 Å². The smallest absolute Gasteiger partial charge is 0.310 e. The van der Waals surface area contributed by atoms with E-state index in [-0.39, 0.29) is 18.1 Å². The Kier molecular flexibility index (Phi) is 2.74. The van der Waals surface area contributed by atoms with Gasteiger partial charge < -0.3 is 19.2 Å². The Hall–Kier alpha value is -2.41. The maximum atomic E-state index is 13.3. The van der Waals surface area contributed by atoms with Crippen LogP contribution < -0.4 is 0 Å². The summed E-state index contributed by atoms with van der Waals surface area (Å²) in [5.74, 6) is -2.85. The summed E-state index contributed by atoms with van der Waals surface area (Å²) in [5.41, 5.74) is -1.04. The minimum absolute atomic E-state index is 0.0321. The highest BCUT2D eigenvalue weighted by Gasteiger charge is 2.74. The van der Waals surface area contributed by atoms with Gasteiger partial charge in [0.2, 0.25) is 5.91 Å². The highest BCUT2D eigenvalue weighted by Crippen LogP contribution is 2.59. The zero-order chi connectivity index (χ0) is 17.5. The average Bonchev–Trinajstić information content (AvgIpc) is 3.32. The fourth-order valence-corrected chi connectivity index (χ4v) is 5.25. The summed E-state index contributed by atoms with van der Waals surface area (Å²) < 4.78 is 11.5. The molecule has 3 fully saturated rings. The van der Waals surface area contributed by atoms with Gasteiger partial charge in [-0.05, 0) is 12.1 Å². The largest absolute Gasteiger partial charge is 0.481 e. The van der Waals surface area contributed by atoms with E-state index in [0.29, 0.717) is 5.76 Å². The number of amides is 1. The number of ketones is 1. The van der Waals surface area contributed by atoms with E-state index in [1.807, 2.05) is 0 Å². The van der Waals surface area contributed by atoms with E-state index in [2.05, 4.69) is 0 Å². The minimum Gasteiger partial charge on any atom is -0.481 e. The highest BCUT2D eigenvalue weighted by molar-refractivity contribution is 5.95. The summed E-state index contributed by atoms with van der Waals surface area (Å²) in [5, 5.41) is 9.63. The molecule has 0 radical (unpaired) electrons. The number of hydrogen-bond donors (Lipinski definition) is 1. The molecule has 5 rings (SSSR count). The van der Waals surface area contributed by atoms with Crippen LogP contribution in [0.5, 0.6) is 0 Å². The number of nitrogens with zero attached hydrogens (tertiary/aromatic N) is 1. The molecule has 5 heterocycles. The van der Waals surface area contributed by atoms with Crippen LogP contribution in [0.4, 0.5) is 0 Å². The molecule has 4 aliphatic rings. The van der Waals surface area contributed by atoms with E-state index in [1.165, 1.54) is 6.26 Å². The predicted molar refractivity (Wildman–Crippen MR) is 82.2 cm³/mol. The van der Waals surface area contributed by atoms with Gasteiger partial charge in [-0.15, -0.1) is 0 Å². The number of ether oxygens (including phenoxy) is 1. The molecule has 2 bridgehead atoms. The number of carbonyl (C=O) groups excluding carboxylic acids is 2. The first-order chi connectivity index (χ1) is 12.0. The number of Topliss-reactive ketones (excluding diaryl/α,β-unsaturated/α-hetero) is 1. The molecule has 4 aliphatic heterocycles. The summed E-state index contributed by atoms with van der Waals surface area (Å²) in [6, 6.07) is 2.44. The molecule has 1 N–H and O–H groups in total. The van der Waals surface area contributed by atoms with Crippen molar-refractivity contribution in [3.8, 4) is 0 Å². The van der Waals surface area contributed by atoms with Crippen molar-refractivity contribution in [2.24, 2.45) is 17.8 Å². The van der Waals surface area contributed by atoms with Crippen LogP contribution in [-0.2, 0) is 19.1 Å². The van der Waals surface area contributed by atoms with Crippen molar-refractivity contribution in [1.82, 2.24) is 4.90 Å². The van der Waals surface area contributed by atoms with E-state index < -0.39 is 47.5 Å². The molecule has 3 saturated heterocycles. The van der Waals surface area contributed by atoms with Crippen molar-refractivity contribution in [1.29, 1.82) is 0 Å². The van der Waals surface area contributed by atoms with Gasteiger partial charge in [0, 0.05) is 12.3 Å². The molecular formula is C18H17NO6. The second kappa shape index (κ2) is 4.60. The molecule has 0 unspecified atom stereocenters. The number of carboxylic acid groups (broad SMARTS) is 1. The van der Waals surface area contributed by atoms with Crippen LogP contribution in [0.3, 0.4) is 0 Å². The molecule has 1 amide bonds. The van der Waals surface area contributed by atoms with Crippen molar-refractivity contribution in [3.05, 3.63) is 36.3 Å². The normalized spacial score (nSPS) is 44.3. The van der Waals surface area contributed by atoms with Crippen LogP contribution in [0.25, 0.3) is 0 Å². The first kappa shape index (κ1) is 14.9. The molecule has 7 atom stereocenters. The van der Waals surface area contributed by atoms with Crippen molar-refractivity contribution >= 4 is 17.7 Å². The molecule has 25 heavy (non-hydrogen) atoms. The number of rotatable bonds is 2. The zero-order valence-corrected chi connectivity index (χ0v) is 13.5. The number of hydrogen-bond acceptors (Lipinski definition) is 5. The van der Waals surface area contributed by atoms with Gasteiger partial charge in [0.05, 0.1) is 30.4 Å². The fourth-order valence-electron chi connectivity index (χ4n) is 5.25. The van der Waals surface area contributed by atoms with Gasteiger partial charge in [-0.3, -0.25) is 14.4 Å². The molecule has 7 heteroatoms. The SMILES string of the molecule is C[C@@H]1C(=O)C[C@@H](c2ccco2)N2C(=O)[C@@H]3[C@H](C(=O)O)[C@H]4C=C[C@@]3(O4)[C@H]12. The van der Waals surface area contributed by atoms with Crippen molar-refractivity contribution in [2.45, 2.75) is 37.1 Å². The lowest BCUT2D eigenvalue weighted by molar-refractivity contribution is -0.152. The second-order valence-corrected chi connectivity index (χ2v) is 7.32. The van der Waals surface area contributed by atoms with Crippen LogP contribution >= 0.6 is 0 Å². The summed E-state index contributed by atoms with van der Waals surface area (Å²) in [6.45, 7) is 1.79. The van der Waals surface area contributed by atoms with Gasteiger partial charge in [-0.1, -0.05) is 19.1 Å². The second-order valence-electron chi connectivity index (χ2n) is 7.32. The monoisotopic (exact) mass is 343 g/mol. The molecule has 1 aromatic rings. The number of fused-ring (bicyclic) bond motifs is 2. The summed E-state index contributed by atoms with van der Waals surface area (Å²) in [7, 11) is 0. The van der Waals surface area contributed by atoms with E-state index in [1.54, 1.807) is 36.1 Å². The molecule has 130 valence electrons. The number of carbonyl (C=O) groups is 3. The van der Waals surface area contributed by atoms with Crippen LogP contribution in [0.2, 0.25) is 0 Å². The molecule has 0 aromatic carbocycles. The van der Waals surface area contributed by atoms with Crippen molar-refractivity contribution in [3.63, 3.8) is 0 Å². The minimum atomic E-state index is -1.04. The molecule has 1 spiro atoms. The Morgan fingerprint density at radius 2 is 2.20 bits per heavy atom. The lowest BCUT2D eigenvalue weighted by Crippen LogP contribution is -2.55. The quantitative estimate of drug-likeness (QED) is 0.810. The Morgan fingerprint density at radius 1 is 1.40 bits per heavy atom. The van der Waals surface area contributed by atoms with Crippen LogP contribution in [0.1, 0.15) is 25.1 Å². The standard InChI is InChI=1S/C18H17NO6/c1-8-10(20)7-9(11-3-2-6-24-11)19-15(8)18-5-4-12(25-18)13(17(22)23)14(18)16(19)21/h2-6,8-9,12-15H,7H2,1H3,(H,22,23)/t8-,9+,12-,13-,14+,15+,18+/m1/s1. The number of aliphatic carboxylic acids is 1. The lowest BCUT2D eigenvalue weighted by Gasteiger charge is -2.43. The molecular weight excluding hydrogens is 326 g/mol. The zero-order valence-electron chi connectivity index (χ0n) is 13.5. The van der Waals surface area contributed by atoms with Gasteiger partial charge in [0.1, 0.15) is 23.1 Å². The maximum Gasteiger partial charge on any atom is 0.310 e. The number of piperidine rings is 1. The topological polar surface area (TPSA) is 97.1 Å². The summed E-state index contributed by atoms with van der Waals surface area (Å²) >= 11 is 0. The molecule has 7 nitrogen and oxygen atoms in total. The van der Waals surface area contributed by atoms with E-state index in [9.17, 15) is 19.5 Å². The van der Waals surface area contributed by atoms with Crippen molar-refractivity contribution < 1.29 is 28.6 Å². The van der Waals surface area contributed by atoms with Gasteiger partial charge in [-0.25, -0.2) is 0 Å².